The lowest BCUT2D eigenvalue weighted by molar-refractivity contribution is 0.313. The number of nitrogens with two attached hydrogens (primary N) is 1. The number of rotatable bonds is 4. The zero-order chi connectivity index (χ0) is 13.8. The predicted molar refractivity (Wildman–Crippen MR) is 80.1 cm³/mol. The van der Waals surface area contributed by atoms with Gasteiger partial charge in [-0.05, 0) is 42.9 Å². The molecule has 0 fully saturated rings. The Morgan fingerprint density at radius 1 is 1.16 bits per heavy atom. The number of hydrogen-bond acceptors (Lipinski definition) is 2. The minimum absolute atomic E-state index is 0.178. The monoisotopic (exact) mass is 322 g/mol. The molecule has 0 aromatic heterocycles. The Morgan fingerprint density at radius 2 is 1.95 bits per heavy atom. The van der Waals surface area contributed by atoms with Gasteiger partial charge in [0.25, 0.3) is 0 Å². The maximum atomic E-state index is 13.7. The summed E-state index contributed by atoms with van der Waals surface area (Å²) in [5, 5.41) is 0. The second-order valence-electron chi connectivity index (χ2n) is 4.65. The van der Waals surface area contributed by atoms with E-state index in [1.807, 2.05) is 37.4 Å². The summed E-state index contributed by atoms with van der Waals surface area (Å²) in [6, 6.07) is 12.7. The Kier molecular flexibility index (Phi) is 4.56. The van der Waals surface area contributed by atoms with E-state index < -0.39 is 0 Å². The van der Waals surface area contributed by atoms with Gasteiger partial charge in [-0.2, -0.15) is 0 Å². The third kappa shape index (κ3) is 4.04. The minimum Gasteiger partial charge on any atom is -0.399 e. The molecule has 2 rings (SSSR count). The number of nitrogens with zero attached hydrogens (tertiary/aromatic N) is 1. The van der Waals surface area contributed by atoms with Crippen LogP contribution in [-0.2, 0) is 13.1 Å². The fourth-order valence-electron chi connectivity index (χ4n) is 2.01. The fourth-order valence-corrected chi connectivity index (χ4v) is 2.42. The molecule has 0 saturated heterocycles. The van der Waals surface area contributed by atoms with Gasteiger partial charge in [-0.15, -0.1) is 0 Å². The quantitative estimate of drug-likeness (QED) is 0.867. The van der Waals surface area contributed by atoms with Gasteiger partial charge in [0.2, 0.25) is 0 Å². The van der Waals surface area contributed by atoms with E-state index >= 15 is 0 Å². The van der Waals surface area contributed by atoms with Crippen molar-refractivity contribution in [1.82, 2.24) is 4.90 Å². The highest BCUT2D eigenvalue weighted by Crippen LogP contribution is 2.18. The zero-order valence-corrected chi connectivity index (χ0v) is 12.3. The van der Waals surface area contributed by atoms with Crippen LogP contribution in [0.5, 0.6) is 0 Å². The molecule has 0 radical (unpaired) electrons. The second kappa shape index (κ2) is 6.17. The Morgan fingerprint density at radius 3 is 2.68 bits per heavy atom. The lowest BCUT2D eigenvalue weighted by Gasteiger charge is -2.17. The van der Waals surface area contributed by atoms with E-state index in [9.17, 15) is 4.39 Å². The van der Waals surface area contributed by atoms with Gasteiger partial charge in [-0.3, -0.25) is 4.90 Å². The van der Waals surface area contributed by atoms with Crippen molar-refractivity contribution >= 4 is 21.6 Å². The summed E-state index contributed by atoms with van der Waals surface area (Å²) < 4.78 is 14.6. The van der Waals surface area contributed by atoms with Gasteiger partial charge >= 0.3 is 0 Å². The first-order chi connectivity index (χ1) is 9.04. The van der Waals surface area contributed by atoms with Crippen LogP contribution in [0.2, 0.25) is 0 Å². The van der Waals surface area contributed by atoms with Crippen molar-refractivity contribution in [2.24, 2.45) is 0 Å². The second-order valence-corrected chi connectivity index (χ2v) is 5.57. The zero-order valence-electron chi connectivity index (χ0n) is 10.7. The molecule has 0 aliphatic heterocycles. The van der Waals surface area contributed by atoms with Gasteiger partial charge in [-0.1, -0.05) is 28.1 Å². The molecular weight excluding hydrogens is 307 g/mol. The van der Waals surface area contributed by atoms with Crippen LogP contribution in [0, 0.1) is 5.82 Å². The number of halogens is 2. The van der Waals surface area contributed by atoms with Crippen molar-refractivity contribution in [3.63, 3.8) is 0 Å². The molecule has 100 valence electrons. The molecule has 2 N–H and O–H groups in total. The SMILES string of the molecule is CN(Cc1cccc(N)c1)Cc1cc(Br)ccc1F. The number of benzene rings is 2. The summed E-state index contributed by atoms with van der Waals surface area (Å²) in [7, 11) is 1.96. The van der Waals surface area contributed by atoms with E-state index in [0.717, 1.165) is 22.3 Å². The average Bonchev–Trinajstić information content (AvgIpc) is 2.34. The summed E-state index contributed by atoms with van der Waals surface area (Å²) >= 11 is 3.36. The van der Waals surface area contributed by atoms with E-state index in [0.29, 0.717) is 12.1 Å². The Labute approximate surface area is 121 Å². The number of anilines is 1. The summed E-state index contributed by atoms with van der Waals surface area (Å²) in [4.78, 5) is 2.06. The van der Waals surface area contributed by atoms with Crippen molar-refractivity contribution in [2.75, 3.05) is 12.8 Å². The topological polar surface area (TPSA) is 29.3 Å². The molecule has 0 amide bonds. The van der Waals surface area contributed by atoms with Crippen LogP contribution in [0.15, 0.2) is 46.9 Å². The first-order valence-corrected chi connectivity index (χ1v) is 6.81. The van der Waals surface area contributed by atoms with Crippen molar-refractivity contribution in [3.8, 4) is 0 Å². The van der Waals surface area contributed by atoms with Crippen LogP contribution in [0.4, 0.5) is 10.1 Å². The van der Waals surface area contributed by atoms with E-state index in [4.69, 9.17) is 5.73 Å². The van der Waals surface area contributed by atoms with E-state index in [1.165, 1.54) is 6.07 Å². The van der Waals surface area contributed by atoms with Crippen LogP contribution in [0.3, 0.4) is 0 Å². The minimum atomic E-state index is -0.178. The third-order valence-corrected chi connectivity index (χ3v) is 3.34. The maximum Gasteiger partial charge on any atom is 0.127 e. The van der Waals surface area contributed by atoms with Gasteiger partial charge in [-0.25, -0.2) is 4.39 Å². The Hall–Kier alpha value is -1.39. The molecule has 0 bridgehead atoms. The molecule has 0 saturated carbocycles. The Balaban J connectivity index is 2.05. The largest absolute Gasteiger partial charge is 0.399 e. The first-order valence-electron chi connectivity index (χ1n) is 6.01. The summed E-state index contributed by atoms with van der Waals surface area (Å²) in [6.45, 7) is 1.29. The van der Waals surface area contributed by atoms with Gasteiger partial charge < -0.3 is 5.73 Å². The molecule has 0 atom stereocenters. The molecule has 0 spiro atoms. The molecule has 0 unspecified atom stereocenters. The maximum absolute atomic E-state index is 13.7. The standard InChI is InChI=1S/C15H16BrFN2/c1-19(9-11-3-2-4-14(18)7-11)10-12-8-13(16)5-6-15(12)17/h2-8H,9-10,18H2,1H3. The highest BCUT2D eigenvalue weighted by molar-refractivity contribution is 9.10. The molecule has 2 aromatic carbocycles. The molecule has 0 aliphatic carbocycles. The Bertz CT molecular complexity index is 572. The summed E-state index contributed by atoms with van der Waals surface area (Å²) in [6.07, 6.45) is 0. The van der Waals surface area contributed by atoms with E-state index in [1.54, 1.807) is 6.07 Å². The number of nitrogen functional groups attached to an aromatic ring is 1. The molecule has 4 heteroatoms. The molecule has 2 aromatic rings. The highest BCUT2D eigenvalue weighted by atomic mass is 79.9. The first kappa shape index (κ1) is 14.0. The highest BCUT2D eigenvalue weighted by Gasteiger charge is 2.07. The van der Waals surface area contributed by atoms with Crippen molar-refractivity contribution < 1.29 is 4.39 Å². The summed E-state index contributed by atoms with van der Waals surface area (Å²) in [5.41, 5.74) is 8.30. The van der Waals surface area contributed by atoms with Gasteiger partial charge in [0.15, 0.2) is 0 Å². The van der Waals surface area contributed by atoms with Gasteiger partial charge in [0.1, 0.15) is 5.82 Å². The lowest BCUT2D eigenvalue weighted by atomic mass is 10.1. The van der Waals surface area contributed by atoms with Crippen LogP contribution >= 0.6 is 15.9 Å². The molecule has 0 heterocycles. The van der Waals surface area contributed by atoms with Crippen molar-refractivity contribution in [1.29, 1.82) is 0 Å². The lowest BCUT2D eigenvalue weighted by Crippen LogP contribution is -2.18. The summed E-state index contributed by atoms with van der Waals surface area (Å²) in [5.74, 6) is -0.178. The van der Waals surface area contributed by atoms with Crippen LogP contribution < -0.4 is 5.73 Å². The van der Waals surface area contributed by atoms with Crippen molar-refractivity contribution in [2.45, 2.75) is 13.1 Å². The molecule has 0 aliphatic rings. The van der Waals surface area contributed by atoms with Crippen LogP contribution in [0.25, 0.3) is 0 Å². The normalized spacial score (nSPS) is 10.9. The molecule has 19 heavy (non-hydrogen) atoms. The molecule has 2 nitrogen and oxygen atoms in total. The number of hydrogen-bond donors (Lipinski definition) is 1. The van der Waals surface area contributed by atoms with Crippen LogP contribution in [0.1, 0.15) is 11.1 Å². The van der Waals surface area contributed by atoms with Crippen LogP contribution in [-0.4, -0.2) is 11.9 Å². The smallest absolute Gasteiger partial charge is 0.127 e. The van der Waals surface area contributed by atoms with E-state index in [-0.39, 0.29) is 5.82 Å². The van der Waals surface area contributed by atoms with Crippen molar-refractivity contribution in [3.05, 3.63) is 63.9 Å². The average molecular weight is 323 g/mol. The fraction of sp³-hybridized carbons (Fsp3) is 0.200. The van der Waals surface area contributed by atoms with Gasteiger partial charge in [0.05, 0.1) is 0 Å². The third-order valence-electron chi connectivity index (χ3n) is 2.85. The van der Waals surface area contributed by atoms with Gasteiger partial charge in [0, 0.05) is 28.8 Å². The predicted octanol–water partition coefficient (Wildman–Crippen LogP) is 3.80. The van der Waals surface area contributed by atoms with E-state index in [2.05, 4.69) is 20.8 Å². The molecular formula is C15H16BrFN2.